The fourth-order valence-corrected chi connectivity index (χ4v) is 4.53. The summed E-state index contributed by atoms with van der Waals surface area (Å²) in [6.45, 7) is 3.21. The summed E-state index contributed by atoms with van der Waals surface area (Å²) < 4.78 is 30.7. The number of sulfone groups is 1. The molecule has 0 amide bonds. The van der Waals surface area contributed by atoms with Crippen LogP contribution in [0.15, 0.2) is 54.2 Å². The van der Waals surface area contributed by atoms with Gasteiger partial charge in [0.15, 0.2) is 32.1 Å². The van der Waals surface area contributed by atoms with Crippen molar-refractivity contribution in [2.24, 2.45) is 0 Å². The predicted molar refractivity (Wildman–Crippen MR) is 132 cm³/mol. The Labute approximate surface area is 202 Å². The minimum atomic E-state index is -3.38. The number of methoxy groups -OCH3 is 1. The standard InChI is InChI=1S/C23H24N8O3S/c1-15-18(4-5-20(28-15)35(3,32)33)29-21-22-25-14-19(31(22)11-8-24-21)16-6-9-30(10-7-16)23-26-12-17(34-2)13-27-23/h4-6,8,11-14H,7,9-10H2,1-3H3,(H,24,29). The van der Waals surface area contributed by atoms with Crippen LogP contribution in [0.3, 0.4) is 0 Å². The second kappa shape index (κ2) is 8.95. The molecule has 5 heterocycles. The SMILES string of the molecule is COc1cnc(N2CC=C(c3cnc4c(Nc5ccc(S(C)(=O)=O)nc5C)nccn34)CC2)nc1. The molecule has 4 aromatic rings. The number of imidazole rings is 1. The molecule has 11 nitrogen and oxygen atoms in total. The first-order valence-electron chi connectivity index (χ1n) is 10.9. The number of rotatable bonds is 6. The van der Waals surface area contributed by atoms with Crippen molar-refractivity contribution < 1.29 is 13.2 Å². The summed E-state index contributed by atoms with van der Waals surface area (Å²) in [7, 11) is -1.79. The highest BCUT2D eigenvalue weighted by atomic mass is 32.2. The van der Waals surface area contributed by atoms with Crippen LogP contribution in [0.1, 0.15) is 17.8 Å². The van der Waals surface area contributed by atoms with Gasteiger partial charge in [0.05, 0.1) is 42.8 Å². The number of aromatic nitrogens is 6. The number of hydrogen-bond acceptors (Lipinski definition) is 10. The molecule has 1 aliphatic heterocycles. The fourth-order valence-electron chi connectivity index (χ4n) is 3.91. The number of hydrogen-bond donors (Lipinski definition) is 1. The molecule has 0 bridgehead atoms. The van der Waals surface area contributed by atoms with Gasteiger partial charge in [-0.3, -0.25) is 4.40 Å². The number of aryl methyl sites for hydroxylation is 1. The highest BCUT2D eigenvalue weighted by Gasteiger charge is 2.19. The van der Waals surface area contributed by atoms with Crippen molar-refractivity contribution in [2.75, 3.05) is 36.7 Å². The van der Waals surface area contributed by atoms with E-state index in [9.17, 15) is 8.42 Å². The van der Waals surface area contributed by atoms with Gasteiger partial charge in [0.25, 0.3) is 0 Å². The maximum atomic E-state index is 11.8. The van der Waals surface area contributed by atoms with Gasteiger partial charge in [-0.2, -0.15) is 0 Å². The van der Waals surface area contributed by atoms with E-state index in [1.165, 1.54) is 11.6 Å². The second-order valence-electron chi connectivity index (χ2n) is 8.14. The van der Waals surface area contributed by atoms with Crippen LogP contribution in [0.25, 0.3) is 11.2 Å². The zero-order valence-corrected chi connectivity index (χ0v) is 20.3. The lowest BCUT2D eigenvalue weighted by Gasteiger charge is -2.26. The van der Waals surface area contributed by atoms with E-state index >= 15 is 0 Å². The Morgan fingerprint density at radius 3 is 2.54 bits per heavy atom. The highest BCUT2D eigenvalue weighted by Crippen LogP contribution is 2.28. The minimum Gasteiger partial charge on any atom is -0.494 e. The molecule has 4 aromatic heterocycles. The molecule has 35 heavy (non-hydrogen) atoms. The van der Waals surface area contributed by atoms with Gasteiger partial charge in [0, 0.05) is 31.7 Å². The average molecular weight is 493 g/mol. The third kappa shape index (κ3) is 4.52. The van der Waals surface area contributed by atoms with E-state index in [1.807, 2.05) is 16.8 Å². The van der Waals surface area contributed by atoms with Gasteiger partial charge >= 0.3 is 0 Å². The van der Waals surface area contributed by atoms with Gasteiger partial charge in [-0.05, 0) is 31.1 Å². The van der Waals surface area contributed by atoms with Gasteiger partial charge in [-0.1, -0.05) is 6.08 Å². The van der Waals surface area contributed by atoms with Crippen molar-refractivity contribution >= 4 is 38.5 Å². The minimum absolute atomic E-state index is 0.0353. The van der Waals surface area contributed by atoms with Crippen LogP contribution >= 0.6 is 0 Å². The van der Waals surface area contributed by atoms with Crippen molar-refractivity contribution in [3.8, 4) is 5.75 Å². The lowest BCUT2D eigenvalue weighted by atomic mass is 10.1. The van der Waals surface area contributed by atoms with Crippen molar-refractivity contribution in [1.82, 2.24) is 29.3 Å². The van der Waals surface area contributed by atoms with Crippen molar-refractivity contribution in [3.05, 3.63) is 60.6 Å². The summed E-state index contributed by atoms with van der Waals surface area (Å²) in [6, 6.07) is 3.17. The van der Waals surface area contributed by atoms with E-state index in [4.69, 9.17) is 4.74 Å². The van der Waals surface area contributed by atoms with Gasteiger partial charge in [-0.25, -0.2) is 33.3 Å². The normalized spacial score (nSPS) is 14.1. The monoisotopic (exact) mass is 492 g/mol. The Hall–Kier alpha value is -4.06. The summed E-state index contributed by atoms with van der Waals surface area (Å²) in [4.78, 5) is 24.1. The number of ether oxygens (including phenoxy) is 1. The fraction of sp³-hybridized carbons (Fsp3) is 0.261. The van der Waals surface area contributed by atoms with E-state index in [1.54, 1.807) is 38.7 Å². The molecule has 1 aliphatic rings. The number of fused-ring (bicyclic) bond motifs is 1. The lowest BCUT2D eigenvalue weighted by molar-refractivity contribution is 0.410. The largest absolute Gasteiger partial charge is 0.494 e. The zero-order valence-electron chi connectivity index (χ0n) is 19.5. The number of nitrogens with one attached hydrogen (secondary N) is 1. The highest BCUT2D eigenvalue weighted by molar-refractivity contribution is 7.90. The molecule has 0 radical (unpaired) electrons. The molecule has 1 N–H and O–H groups in total. The molecule has 0 atom stereocenters. The maximum absolute atomic E-state index is 11.8. The second-order valence-corrected chi connectivity index (χ2v) is 10.1. The summed E-state index contributed by atoms with van der Waals surface area (Å²) in [5.41, 5.74) is 4.04. The Morgan fingerprint density at radius 2 is 1.89 bits per heavy atom. The summed E-state index contributed by atoms with van der Waals surface area (Å²) in [5, 5.41) is 3.28. The molecule has 180 valence electrons. The van der Waals surface area contributed by atoms with E-state index in [-0.39, 0.29) is 5.03 Å². The molecule has 12 heteroatoms. The molecule has 5 rings (SSSR count). The number of nitrogens with zero attached hydrogens (tertiary/aromatic N) is 7. The van der Waals surface area contributed by atoms with Crippen molar-refractivity contribution in [2.45, 2.75) is 18.4 Å². The van der Waals surface area contributed by atoms with Gasteiger partial charge in [-0.15, -0.1) is 0 Å². The number of pyridine rings is 1. The van der Waals surface area contributed by atoms with Crippen LogP contribution in [0.5, 0.6) is 5.75 Å². The number of anilines is 3. The van der Waals surface area contributed by atoms with Crippen LogP contribution < -0.4 is 15.0 Å². The van der Waals surface area contributed by atoms with E-state index in [0.29, 0.717) is 41.1 Å². The molecule has 0 aliphatic carbocycles. The molecule has 0 aromatic carbocycles. The van der Waals surface area contributed by atoms with Crippen LogP contribution in [-0.4, -0.2) is 64.2 Å². The Morgan fingerprint density at radius 1 is 1.09 bits per heavy atom. The third-order valence-electron chi connectivity index (χ3n) is 5.79. The molecule has 0 saturated carbocycles. The molecule has 0 spiro atoms. The lowest BCUT2D eigenvalue weighted by Crippen LogP contribution is -2.29. The molecule has 0 saturated heterocycles. The molecular formula is C23H24N8O3S. The van der Waals surface area contributed by atoms with Crippen molar-refractivity contribution in [1.29, 1.82) is 0 Å². The summed E-state index contributed by atoms with van der Waals surface area (Å²) in [5.74, 6) is 1.85. The Balaban J connectivity index is 1.39. The summed E-state index contributed by atoms with van der Waals surface area (Å²) in [6.07, 6.45) is 12.9. The first-order chi connectivity index (χ1) is 16.8. The summed E-state index contributed by atoms with van der Waals surface area (Å²) >= 11 is 0. The van der Waals surface area contributed by atoms with Gasteiger partial charge in [0.1, 0.15) is 0 Å². The smallest absolute Gasteiger partial charge is 0.225 e. The van der Waals surface area contributed by atoms with Crippen LogP contribution in [0.2, 0.25) is 0 Å². The van der Waals surface area contributed by atoms with Gasteiger partial charge < -0.3 is 15.0 Å². The van der Waals surface area contributed by atoms with E-state index in [0.717, 1.165) is 24.9 Å². The Kier molecular flexibility index (Phi) is 5.81. The quantitative estimate of drug-likeness (QED) is 0.429. The van der Waals surface area contributed by atoms with E-state index in [2.05, 4.69) is 41.2 Å². The van der Waals surface area contributed by atoms with Crippen LogP contribution in [0, 0.1) is 6.92 Å². The van der Waals surface area contributed by atoms with E-state index < -0.39 is 9.84 Å². The van der Waals surface area contributed by atoms with Crippen LogP contribution in [0.4, 0.5) is 17.5 Å². The third-order valence-corrected chi connectivity index (χ3v) is 6.78. The first-order valence-corrected chi connectivity index (χ1v) is 12.8. The van der Waals surface area contributed by atoms with Gasteiger partial charge in [0.2, 0.25) is 5.95 Å². The van der Waals surface area contributed by atoms with Crippen LogP contribution in [-0.2, 0) is 9.84 Å². The first kappa shape index (κ1) is 22.7. The topological polar surface area (TPSA) is 127 Å². The molecule has 0 unspecified atom stereocenters. The molecular weight excluding hydrogens is 468 g/mol. The van der Waals surface area contributed by atoms with Crippen molar-refractivity contribution in [3.63, 3.8) is 0 Å². The average Bonchev–Trinajstić information content (AvgIpc) is 3.30. The zero-order chi connectivity index (χ0) is 24.6. The molecule has 0 fully saturated rings. The Bertz CT molecular complexity index is 1530. The maximum Gasteiger partial charge on any atom is 0.225 e. The predicted octanol–water partition coefficient (Wildman–Crippen LogP) is 2.67.